The highest BCUT2D eigenvalue weighted by molar-refractivity contribution is 8.03. The van der Waals surface area contributed by atoms with Crippen molar-refractivity contribution in [3.05, 3.63) is 21.6 Å². The first-order valence-electron chi connectivity index (χ1n) is 5.10. The Bertz CT molecular complexity index is 258. The molecule has 1 aliphatic rings. The van der Waals surface area contributed by atoms with Gasteiger partial charge in [-0.15, -0.1) is 11.8 Å². The van der Waals surface area contributed by atoms with Gasteiger partial charge in [-0.05, 0) is 49.0 Å². The van der Waals surface area contributed by atoms with Crippen LogP contribution in [0.2, 0.25) is 0 Å². The molecule has 0 nitrogen and oxygen atoms in total. The Morgan fingerprint density at radius 3 is 2.15 bits per heavy atom. The van der Waals surface area contributed by atoms with Gasteiger partial charge in [0.05, 0.1) is 0 Å². The first kappa shape index (κ1) is 10.9. The van der Waals surface area contributed by atoms with Crippen molar-refractivity contribution >= 4 is 11.8 Å². The number of hydrogen-bond donors (Lipinski definition) is 0. The summed E-state index contributed by atoms with van der Waals surface area (Å²) in [6, 6.07) is 0. The van der Waals surface area contributed by atoms with Gasteiger partial charge in [0.2, 0.25) is 0 Å². The van der Waals surface area contributed by atoms with Crippen LogP contribution in [-0.4, -0.2) is 5.75 Å². The van der Waals surface area contributed by atoms with E-state index in [1.165, 1.54) is 23.3 Å². The Morgan fingerprint density at radius 1 is 1.15 bits per heavy atom. The van der Waals surface area contributed by atoms with Gasteiger partial charge in [-0.3, -0.25) is 0 Å². The molecule has 0 aromatic rings. The molecular weight excluding hydrogens is 176 g/mol. The molecule has 0 saturated heterocycles. The third-order valence-electron chi connectivity index (χ3n) is 3.03. The summed E-state index contributed by atoms with van der Waals surface area (Å²) in [7, 11) is 0. The summed E-state index contributed by atoms with van der Waals surface area (Å²) < 4.78 is 0. The Labute approximate surface area is 86.5 Å². The summed E-state index contributed by atoms with van der Waals surface area (Å²) >= 11 is 2.05. The largest absolute Gasteiger partial charge is 0.130 e. The van der Waals surface area contributed by atoms with Gasteiger partial charge < -0.3 is 0 Å². The molecule has 1 unspecified atom stereocenters. The zero-order valence-corrected chi connectivity index (χ0v) is 10.2. The lowest BCUT2D eigenvalue weighted by molar-refractivity contribution is 0.860. The predicted molar refractivity (Wildman–Crippen MR) is 63.0 cm³/mol. The summed E-state index contributed by atoms with van der Waals surface area (Å²) in [6.07, 6.45) is 1.27. The molecule has 0 saturated carbocycles. The predicted octanol–water partition coefficient (Wildman–Crippen LogP) is 4.39. The molecule has 1 atom stereocenters. The van der Waals surface area contributed by atoms with Crippen molar-refractivity contribution in [2.45, 2.75) is 41.0 Å². The van der Waals surface area contributed by atoms with E-state index in [1.54, 1.807) is 10.5 Å². The summed E-state index contributed by atoms with van der Waals surface area (Å²) in [5, 5.41) is 0. The van der Waals surface area contributed by atoms with E-state index < -0.39 is 0 Å². The molecule has 1 rings (SSSR count). The van der Waals surface area contributed by atoms with Crippen LogP contribution in [-0.2, 0) is 0 Å². The van der Waals surface area contributed by atoms with E-state index in [2.05, 4.69) is 34.6 Å². The minimum Gasteiger partial charge on any atom is -0.130 e. The lowest BCUT2D eigenvalue weighted by Crippen LogP contribution is -1.94. The van der Waals surface area contributed by atoms with Crippen LogP contribution in [0.5, 0.6) is 0 Å². The van der Waals surface area contributed by atoms with Crippen molar-refractivity contribution in [1.29, 1.82) is 0 Å². The average molecular weight is 196 g/mol. The molecule has 0 N–H and O–H groups in total. The molecule has 1 heteroatoms. The SMILES string of the molecule is CCCSC1=C(C)C(C)=C(C)C1C. The fourth-order valence-electron chi connectivity index (χ4n) is 1.77. The molecule has 0 amide bonds. The molecule has 1 aliphatic carbocycles. The molecule has 0 heterocycles. The monoisotopic (exact) mass is 196 g/mol. The normalized spacial score (nSPS) is 23.3. The van der Waals surface area contributed by atoms with Crippen molar-refractivity contribution in [1.82, 2.24) is 0 Å². The minimum atomic E-state index is 0.677. The second-order valence-corrected chi connectivity index (χ2v) is 5.00. The summed E-state index contributed by atoms with van der Waals surface area (Å²) in [5.41, 5.74) is 4.62. The first-order chi connectivity index (χ1) is 6.09. The lowest BCUT2D eigenvalue weighted by atomic mass is 10.1. The molecule has 0 aliphatic heterocycles. The van der Waals surface area contributed by atoms with E-state index in [0.717, 1.165) is 0 Å². The molecular formula is C12H20S. The van der Waals surface area contributed by atoms with Crippen LogP contribution < -0.4 is 0 Å². The van der Waals surface area contributed by atoms with Crippen LogP contribution in [0.3, 0.4) is 0 Å². The molecule has 0 bridgehead atoms. The molecule has 0 aromatic heterocycles. The van der Waals surface area contributed by atoms with Gasteiger partial charge in [0, 0.05) is 5.92 Å². The smallest absolute Gasteiger partial charge is 0.00855 e. The van der Waals surface area contributed by atoms with Crippen LogP contribution in [0, 0.1) is 5.92 Å². The fraction of sp³-hybridized carbons (Fsp3) is 0.667. The van der Waals surface area contributed by atoms with Gasteiger partial charge >= 0.3 is 0 Å². The zero-order chi connectivity index (χ0) is 10.0. The third-order valence-corrected chi connectivity index (χ3v) is 4.61. The molecule has 0 radical (unpaired) electrons. The Balaban J connectivity index is 2.78. The Hall–Kier alpha value is -0.170. The van der Waals surface area contributed by atoms with Crippen LogP contribution >= 0.6 is 11.8 Å². The fourth-order valence-corrected chi connectivity index (χ4v) is 2.99. The summed E-state index contributed by atoms with van der Waals surface area (Å²) in [6.45, 7) is 11.4. The maximum absolute atomic E-state index is 2.33. The summed E-state index contributed by atoms with van der Waals surface area (Å²) in [5.74, 6) is 1.94. The Kier molecular flexibility index (Phi) is 3.66. The first-order valence-corrected chi connectivity index (χ1v) is 6.09. The van der Waals surface area contributed by atoms with E-state index in [1.807, 2.05) is 11.8 Å². The van der Waals surface area contributed by atoms with Gasteiger partial charge in [-0.2, -0.15) is 0 Å². The van der Waals surface area contributed by atoms with Gasteiger partial charge in [0.1, 0.15) is 0 Å². The van der Waals surface area contributed by atoms with E-state index in [4.69, 9.17) is 0 Å². The van der Waals surface area contributed by atoms with Gasteiger partial charge in [-0.1, -0.05) is 19.4 Å². The highest BCUT2D eigenvalue weighted by Crippen LogP contribution is 2.42. The van der Waals surface area contributed by atoms with Gasteiger partial charge in [-0.25, -0.2) is 0 Å². The highest BCUT2D eigenvalue weighted by Gasteiger charge is 2.23. The molecule has 0 fully saturated rings. The van der Waals surface area contributed by atoms with Crippen LogP contribution in [0.25, 0.3) is 0 Å². The number of thioether (sulfide) groups is 1. The van der Waals surface area contributed by atoms with Crippen LogP contribution in [0.4, 0.5) is 0 Å². The number of allylic oxidation sites excluding steroid dienone is 4. The molecule has 0 spiro atoms. The summed E-state index contributed by atoms with van der Waals surface area (Å²) in [4.78, 5) is 1.61. The molecule has 74 valence electrons. The highest BCUT2D eigenvalue weighted by atomic mass is 32.2. The van der Waals surface area contributed by atoms with E-state index >= 15 is 0 Å². The standard InChI is InChI=1S/C12H20S/c1-6-7-13-12-10(4)8(2)9(3)11(12)5/h10H,6-7H2,1-5H3. The van der Waals surface area contributed by atoms with Crippen molar-refractivity contribution < 1.29 is 0 Å². The number of hydrogen-bond acceptors (Lipinski definition) is 1. The maximum Gasteiger partial charge on any atom is 0.00855 e. The van der Waals surface area contributed by atoms with E-state index in [9.17, 15) is 0 Å². The van der Waals surface area contributed by atoms with Crippen molar-refractivity contribution in [3.63, 3.8) is 0 Å². The van der Waals surface area contributed by atoms with E-state index in [-0.39, 0.29) is 0 Å². The number of rotatable bonds is 3. The maximum atomic E-state index is 2.33. The van der Waals surface area contributed by atoms with E-state index in [0.29, 0.717) is 5.92 Å². The minimum absolute atomic E-state index is 0.677. The van der Waals surface area contributed by atoms with Crippen molar-refractivity contribution in [2.24, 2.45) is 5.92 Å². The van der Waals surface area contributed by atoms with Crippen molar-refractivity contribution in [3.8, 4) is 0 Å². The van der Waals surface area contributed by atoms with Crippen LogP contribution in [0.15, 0.2) is 21.6 Å². The molecule has 13 heavy (non-hydrogen) atoms. The Morgan fingerprint density at radius 2 is 1.77 bits per heavy atom. The second-order valence-electron chi connectivity index (χ2n) is 3.87. The van der Waals surface area contributed by atoms with Gasteiger partial charge in [0.25, 0.3) is 0 Å². The zero-order valence-electron chi connectivity index (χ0n) is 9.40. The van der Waals surface area contributed by atoms with Crippen LogP contribution in [0.1, 0.15) is 41.0 Å². The third kappa shape index (κ3) is 2.01. The lowest BCUT2D eigenvalue weighted by Gasteiger charge is -2.11. The van der Waals surface area contributed by atoms with Crippen molar-refractivity contribution in [2.75, 3.05) is 5.75 Å². The average Bonchev–Trinajstić information content (AvgIpc) is 2.30. The van der Waals surface area contributed by atoms with Gasteiger partial charge in [0.15, 0.2) is 0 Å². The quantitative estimate of drug-likeness (QED) is 0.645. The second kappa shape index (κ2) is 4.36. The molecule has 0 aromatic carbocycles. The topological polar surface area (TPSA) is 0 Å².